The lowest BCUT2D eigenvalue weighted by molar-refractivity contribution is -0.463. The van der Waals surface area contributed by atoms with Gasteiger partial charge in [0.25, 0.3) is 0 Å². The highest BCUT2D eigenvalue weighted by atomic mass is 32.2. The largest absolute Gasteiger partial charge is 0.741 e. The number of nitrogens with zero attached hydrogens (tertiary/aromatic N) is 2. The van der Waals surface area contributed by atoms with Crippen LogP contribution in [0.4, 0.5) is 13.2 Å². The Morgan fingerprint density at radius 1 is 0.912 bits per heavy atom. The highest BCUT2D eigenvalue weighted by molar-refractivity contribution is 7.86. The maximum Gasteiger partial charge on any atom is 0.485 e. The maximum absolute atomic E-state index is 10.7. The van der Waals surface area contributed by atoms with Gasteiger partial charge in [-0.1, -0.05) is 69.3 Å². The van der Waals surface area contributed by atoms with E-state index in [1.807, 2.05) is 0 Å². The minimum atomic E-state index is -6.09. The number of hydrogen-bond donors (Lipinski definition) is 0. The fraction of sp³-hybridized carbons (Fsp3) is 0.320. The van der Waals surface area contributed by atoms with Gasteiger partial charge in [-0.15, -0.1) is 0 Å². The number of aromatic nitrogens is 1. The van der Waals surface area contributed by atoms with Crippen molar-refractivity contribution in [2.24, 2.45) is 7.05 Å². The average Bonchev–Trinajstić information content (AvgIpc) is 3.05. The minimum absolute atomic E-state index is 0.0518. The summed E-state index contributed by atoms with van der Waals surface area (Å²) in [5, 5.41) is 0. The zero-order chi connectivity index (χ0) is 25.9. The molecule has 0 radical (unpaired) electrons. The van der Waals surface area contributed by atoms with Gasteiger partial charge >= 0.3 is 5.51 Å². The van der Waals surface area contributed by atoms with E-state index in [4.69, 9.17) is 13.0 Å². The Morgan fingerprint density at radius 3 is 1.74 bits per heavy atom. The van der Waals surface area contributed by atoms with Crippen LogP contribution in [0, 0.1) is 0 Å². The van der Waals surface area contributed by atoms with Gasteiger partial charge in [0.15, 0.2) is 10.1 Å². The molecular formula is C25H29F3N2O3S. The van der Waals surface area contributed by atoms with Gasteiger partial charge in [0.2, 0.25) is 5.71 Å². The number of halogens is 3. The third kappa shape index (κ3) is 6.36. The molecule has 0 spiro atoms. The summed E-state index contributed by atoms with van der Waals surface area (Å²) in [7, 11) is 0.333. The molecule has 0 aliphatic rings. The second kappa shape index (κ2) is 10.1. The Labute approximate surface area is 198 Å². The molecule has 3 rings (SSSR count). The molecule has 0 saturated carbocycles. The SMILES string of the molecule is Cn1cc(C(C)(C)C)c(C(c2ccccc2)=[N+](C)C)c1-c1ccccc1.O=S(=O)([O-])C(F)(F)F. The predicted octanol–water partition coefficient (Wildman–Crippen LogP) is 5.15. The van der Waals surface area contributed by atoms with Crippen LogP contribution in [0.3, 0.4) is 0 Å². The summed E-state index contributed by atoms with van der Waals surface area (Å²) >= 11 is 0. The highest BCUT2D eigenvalue weighted by Crippen LogP contribution is 2.36. The monoisotopic (exact) mass is 494 g/mol. The van der Waals surface area contributed by atoms with Crippen LogP contribution in [0.15, 0.2) is 66.9 Å². The van der Waals surface area contributed by atoms with Crippen LogP contribution in [-0.2, 0) is 22.6 Å². The van der Waals surface area contributed by atoms with Crippen molar-refractivity contribution in [1.29, 1.82) is 0 Å². The summed E-state index contributed by atoms with van der Waals surface area (Å²) in [6.45, 7) is 6.87. The third-order valence-corrected chi connectivity index (χ3v) is 5.62. The second-order valence-electron chi connectivity index (χ2n) is 9.00. The molecule has 0 aliphatic heterocycles. The van der Waals surface area contributed by atoms with Crippen LogP contribution < -0.4 is 0 Å². The topological polar surface area (TPSA) is 65.1 Å². The fourth-order valence-electron chi connectivity index (χ4n) is 3.60. The van der Waals surface area contributed by atoms with Crippen molar-refractivity contribution in [3.8, 4) is 11.3 Å². The first-order valence-corrected chi connectivity index (χ1v) is 11.8. The summed E-state index contributed by atoms with van der Waals surface area (Å²) in [6, 6.07) is 21.4. The zero-order valence-electron chi connectivity index (χ0n) is 20.0. The number of hydrogen-bond acceptors (Lipinski definition) is 3. The Balaban J connectivity index is 0.000000440. The zero-order valence-corrected chi connectivity index (χ0v) is 20.8. The molecule has 0 amide bonds. The number of aryl methyl sites for hydroxylation is 1. The second-order valence-corrected chi connectivity index (χ2v) is 10.4. The van der Waals surface area contributed by atoms with E-state index in [-0.39, 0.29) is 5.41 Å². The molecular weight excluding hydrogens is 465 g/mol. The van der Waals surface area contributed by atoms with E-state index in [0.29, 0.717) is 0 Å². The lowest BCUT2D eigenvalue weighted by atomic mass is 9.82. The molecule has 9 heteroatoms. The molecule has 0 N–H and O–H groups in total. The van der Waals surface area contributed by atoms with Crippen molar-refractivity contribution in [3.05, 3.63) is 83.6 Å². The predicted molar refractivity (Wildman–Crippen MR) is 127 cm³/mol. The lowest BCUT2D eigenvalue weighted by Crippen LogP contribution is -2.22. The molecule has 5 nitrogen and oxygen atoms in total. The standard InChI is InChI=1S/C24H29N2.CHF3O3S/c1-24(2,3)20-17-26(6)23(19-15-11-8-12-16-19)21(20)22(25(4)5)18-13-9-7-10-14-18;2-1(3,4)8(5,6)7/h7-17H,1-6H3;(H,5,6,7)/q+1;/p-1. The Morgan fingerprint density at radius 2 is 1.35 bits per heavy atom. The first-order chi connectivity index (χ1) is 15.6. The van der Waals surface area contributed by atoms with E-state index in [2.05, 4.69) is 118 Å². The van der Waals surface area contributed by atoms with Gasteiger partial charge in [-0.2, -0.15) is 13.2 Å². The van der Waals surface area contributed by atoms with Crippen molar-refractivity contribution in [3.63, 3.8) is 0 Å². The van der Waals surface area contributed by atoms with E-state index in [9.17, 15) is 13.2 Å². The first-order valence-electron chi connectivity index (χ1n) is 10.4. The van der Waals surface area contributed by atoms with Crippen LogP contribution >= 0.6 is 0 Å². The molecule has 34 heavy (non-hydrogen) atoms. The molecule has 0 aliphatic carbocycles. The summed E-state index contributed by atoms with van der Waals surface area (Å²) in [4.78, 5) is 0. The van der Waals surface area contributed by atoms with Crippen LogP contribution in [0.25, 0.3) is 11.3 Å². The number of rotatable bonds is 3. The Hall–Kier alpha value is -2.91. The molecule has 2 aromatic carbocycles. The van der Waals surface area contributed by atoms with Crippen molar-refractivity contribution >= 4 is 15.8 Å². The van der Waals surface area contributed by atoms with Crippen molar-refractivity contribution in [1.82, 2.24) is 4.57 Å². The molecule has 3 aromatic rings. The van der Waals surface area contributed by atoms with Gasteiger partial charge in [-0.05, 0) is 28.7 Å². The highest BCUT2D eigenvalue weighted by Gasteiger charge is 2.37. The normalized spacial score (nSPS) is 12.1. The van der Waals surface area contributed by atoms with Crippen molar-refractivity contribution in [2.45, 2.75) is 31.7 Å². The smallest absolute Gasteiger partial charge is 0.485 e. The molecule has 1 aromatic heterocycles. The quantitative estimate of drug-likeness (QED) is 0.219. The number of benzene rings is 2. The summed E-state index contributed by atoms with van der Waals surface area (Å²) in [5.74, 6) is 0. The van der Waals surface area contributed by atoms with Gasteiger partial charge in [-0.3, -0.25) is 0 Å². The Bertz CT molecular complexity index is 1250. The Kier molecular flexibility index (Phi) is 8.16. The van der Waals surface area contributed by atoms with E-state index in [0.717, 1.165) is 0 Å². The average molecular weight is 495 g/mol. The van der Waals surface area contributed by atoms with Gasteiger partial charge < -0.3 is 9.12 Å². The molecule has 0 unspecified atom stereocenters. The first kappa shape index (κ1) is 27.3. The van der Waals surface area contributed by atoms with Gasteiger partial charge in [0.1, 0.15) is 14.1 Å². The molecule has 0 fully saturated rings. The third-order valence-electron chi connectivity index (χ3n) is 5.05. The maximum atomic E-state index is 10.7. The van der Waals surface area contributed by atoms with E-state index >= 15 is 0 Å². The minimum Gasteiger partial charge on any atom is -0.741 e. The summed E-state index contributed by atoms with van der Waals surface area (Å²) < 4.78 is 63.4. The molecule has 184 valence electrons. The van der Waals surface area contributed by atoms with Crippen LogP contribution in [0.2, 0.25) is 0 Å². The van der Waals surface area contributed by atoms with Crippen LogP contribution in [0.1, 0.15) is 37.5 Å². The number of alkyl halides is 3. The van der Waals surface area contributed by atoms with Gasteiger partial charge in [0.05, 0.1) is 11.3 Å². The van der Waals surface area contributed by atoms with Crippen LogP contribution in [0.5, 0.6) is 0 Å². The van der Waals surface area contributed by atoms with Gasteiger partial charge in [0, 0.05) is 18.8 Å². The lowest BCUT2D eigenvalue weighted by Gasteiger charge is -2.20. The van der Waals surface area contributed by atoms with Crippen molar-refractivity contribution in [2.75, 3.05) is 14.1 Å². The van der Waals surface area contributed by atoms with Crippen LogP contribution in [-0.4, -0.2) is 47.4 Å². The molecule has 1 heterocycles. The van der Waals surface area contributed by atoms with Gasteiger partial charge in [-0.25, -0.2) is 13.0 Å². The van der Waals surface area contributed by atoms with E-state index in [1.54, 1.807) is 0 Å². The van der Waals surface area contributed by atoms with Crippen molar-refractivity contribution < 1.29 is 30.7 Å². The van der Waals surface area contributed by atoms with E-state index in [1.165, 1.54) is 33.7 Å². The molecule has 0 saturated heterocycles. The molecule has 0 bridgehead atoms. The van der Waals surface area contributed by atoms with E-state index < -0.39 is 15.6 Å². The fourth-order valence-corrected chi connectivity index (χ4v) is 3.60. The summed E-state index contributed by atoms with van der Waals surface area (Å²) in [6.07, 6.45) is 2.30. The summed E-state index contributed by atoms with van der Waals surface area (Å²) in [5.41, 5.74) is 2.11. The molecule has 0 atom stereocenters.